The molecule has 2 rings (SSSR count). The lowest BCUT2D eigenvalue weighted by Gasteiger charge is -2.32. The van der Waals surface area contributed by atoms with Gasteiger partial charge >= 0.3 is 0 Å². The highest BCUT2D eigenvalue weighted by Gasteiger charge is 2.30. The van der Waals surface area contributed by atoms with E-state index in [4.69, 9.17) is 0 Å². The molecular formula is C8H15NO. The minimum absolute atomic E-state index is 0.0330. The van der Waals surface area contributed by atoms with Gasteiger partial charge in [0.15, 0.2) is 0 Å². The normalized spacial score (nSPS) is 41.7. The van der Waals surface area contributed by atoms with Gasteiger partial charge < -0.3 is 5.11 Å². The summed E-state index contributed by atoms with van der Waals surface area (Å²) in [5.41, 5.74) is 0. The number of hydrogen-bond donors (Lipinski definition) is 1. The molecule has 0 aromatic carbocycles. The van der Waals surface area contributed by atoms with Gasteiger partial charge in [-0.25, -0.2) is 0 Å². The molecule has 0 aromatic rings. The van der Waals surface area contributed by atoms with Crippen molar-refractivity contribution in [3.05, 3.63) is 0 Å². The van der Waals surface area contributed by atoms with Crippen LogP contribution in [-0.2, 0) is 0 Å². The van der Waals surface area contributed by atoms with Crippen LogP contribution in [0.3, 0.4) is 0 Å². The second-order valence-electron chi connectivity index (χ2n) is 3.52. The predicted molar refractivity (Wildman–Crippen MR) is 39.8 cm³/mol. The van der Waals surface area contributed by atoms with Crippen LogP contribution < -0.4 is 0 Å². The maximum Gasteiger partial charge on any atom is 0.0667 e. The van der Waals surface area contributed by atoms with Crippen molar-refractivity contribution in [3.8, 4) is 0 Å². The van der Waals surface area contributed by atoms with Crippen LogP contribution in [-0.4, -0.2) is 35.2 Å². The van der Waals surface area contributed by atoms with Crippen molar-refractivity contribution in [2.75, 3.05) is 13.1 Å². The van der Waals surface area contributed by atoms with Crippen LogP contribution in [0.25, 0.3) is 0 Å². The Morgan fingerprint density at radius 3 is 3.00 bits per heavy atom. The first-order chi connectivity index (χ1) is 4.86. The molecule has 0 unspecified atom stereocenters. The van der Waals surface area contributed by atoms with Gasteiger partial charge in [0.2, 0.25) is 0 Å². The Hall–Kier alpha value is -0.0800. The smallest absolute Gasteiger partial charge is 0.0667 e. The van der Waals surface area contributed by atoms with Crippen LogP contribution >= 0.6 is 0 Å². The van der Waals surface area contributed by atoms with Crippen LogP contribution in [0.4, 0.5) is 0 Å². The molecule has 2 aliphatic rings. The third-order valence-corrected chi connectivity index (χ3v) is 2.78. The van der Waals surface area contributed by atoms with E-state index in [1.165, 1.54) is 25.8 Å². The summed E-state index contributed by atoms with van der Waals surface area (Å²) in [6.07, 6.45) is 4.93. The van der Waals surface area contributed by atoms with Gasteiger partial charge in [0.1, 0.15) is 0 Å². The first kappa shape index (κ1) is 6.62. The number of aliphatic hydroxyl groups excluding tert-OH is 1. The lowest BCUT2D eigenvalue weighted by atomic mass is 10.0. The van der Waals surface area contributed by atoms with Crippen LogP contribution in [0.15, 0.2) is 0 Å². The summed E-state index contributed by atoms with van der Waals surface area (Å²) in [7, 11) is 0. The Balaban J connectivity index is 1.96. The van der Waals surface area contributed by atoms with E-state index in [0.717, 1.165) is 19.0 Å². The monoisotopic (exact) mass is 141 g/mol. The van der Waals surface area contributed by atoms with Crippen molar-refractivity contribution in [2.45, 2.75) is 37.8 Å². The van der Waals surface area contributed by atoms with Gasteiger partial charge in [-0.15, -0.1) is 0 Å². The van der Waals surface area contributed by atoms with Crippen LogP contribution in [0.2, 0.25) is 0 Å². The second kappa shape index (κ2) is 2.51. The first-order valence-electron chi connectivity index (χ1n) is 4.28. The Morgan fingerprint density at radius 2 is 2.10 bits per heavy atom. The minimum atomic E-state index is -0.0330. The molecule has 2 aliphatic heterocycles. The molecule has 0 aliphatic carbocycles. The number of aliphatic hydroxyl groups is 1. The lowest BCUT2D eigenvalue weighted by Crippen LogP contribution is -2.41. The fourth-order valence-electron chi connectivity index (χ4n) is 2.21. The SMILES string of the molecule is O[C@@H]1CC[C@H]2CCCN2C1. The van der Waals surface area contributed by atoms with E-state index >= 15 is 0 Å². The van der Waals surface area contributed by atoms with Crippen LogP contribution in [0.1, 0.15) is 25.7 Å². The van der Waals surface area contributed by atoms with Crippen molar-refractivity contribution in [1.29, 1.82) is 0 Å². The molecule has 2 heteroatoms. The molecule has 1 N–H and O–H groups in total. The third-order valence-electron chi connectivity index (χ3n) is 2.78. The van der Waals surface area contributed by atoms with Crippen LogP contribution in [0, 0.1) is 0 Å². The Kier molecular flexibility index (Phi) is 1.66. The minimum Gasteiger partial charge on any atom is -0.392 e. The predicted octanol–water partition coefficient (Wildman–Crippen LogP) is 0.605. The number of hydrogen-bond acceptors (Lipinski definition) is 2. The van der Waals surface area contributed by atoms with Gasteiger partial charge in [0, 0.05) is 12.6 Å². The van der Waals surface area contributed by atoms with Crippen molar-refractivity contribution in [1.82, 2.24) is 4.90 Å². The Morgan fingerprint density at radius 1 is 1.20 bits per heavy atom. The van der Waals surface area contributed by atoms with E-state index in [1.54, 1.807) is 0 Å². The average Bonchev–Trinajstić information content (AvgIpc) is 2.33. The highest BCUT2D eigenvalue weighted by Crippen LogP contribution is 2.26. The van der Waals surface area contributed by atoms with Gasteiger partial charge in [0.25, 0.3) is 0 Å². The largest absolute Gasteiger partial charge is 0.392 e. The van der Waals surface area contributed by atoms with Crippen LogP contribution in [0.5, 0.6) is 0 Å². The van der Waals surface area contributed by atoms with E-state index in [1.807, 2.05) is 0 Å². The van der Waals surface area contributed by atoms with Crippen molar-refractivity contribution in [2.24, 2.45) is 0 Å². The quantitative estimate of drug-likeness (QED) is 0.534. The van der Waals surface area contributed by atoms with Crippen molar-refractivity contribution in [3.63, 3.8) is 0 Å². The summed E-state index contributed by atoms with van der Waals surface area (Å²) < 4.78 is 0. The molecule has 2 atom stereocenters. The molecule has 0 spiro atoms. The summed E-state index contributed by atoms with van der Waals surface area (Å²) >= 11 is 0. The molecule has 2 nitrogen and oxygen atoms in total. The van der Waals surface area contributed by atoms with E-state index in [-0.39, 0.29) is 6.10 Å². The topological polar surface area (TPSA) is 23.5 Å². The summed E-state index contributed by atoms with van der Waals surface area (Å²) in [5.74, 6) is 0. The van der Waals surface area contributed by atoms with Gasteiger partial charge in [-0.1, -0.05) is 0 Å². The van der Waals surface area contributed by atoms with Crippen molar-refractivity contribution >= 4 is 0 Å². The Labute approximate surface area is 61.8 Å². The number of rotatable bonds is 0. The second-order valence-corrected chi connectivity index (χ2v) is 3.52. The number of piperidine rings is 1. The molecule has 58 valence electrons. The van der Waals surface area contributed by atoms with E-state index < -0.39 is 0 Å². The zero-order valence-electron chi connectivity index (χ0n) is 6.29. The molecular weight excluding hydrogens is 126 g/mol. The van der Waals surface area contributed by atoms with Gasteiger partial charge in [-0.3, -0.25) is 4.90 Å². The lowest BCUT2D eigenvalue weighted by molar-refractivity contribution is 0.0559. The number of fused-ring (bicyclic) bond motifs is 1. The third kappa shape index (κ3) is 1.06. The summed E-state index contributed by atoms with van der Waals surface area (Å²) in [5, 5.41) is 9.31. The maximum absolute atomic E-state index is 9.31. The van der Waals surface area contributed by atoms with E-state index in [0.29, 0.717) is 0 Å². The zero-order valence-corrected chi connectivity index (χ0v) is 6.29. The first-order valence-corrected chi connectivity index (χ1v) is 4.28. The molecule has 0 amide bonds. The highest BCUT2D eigenvalue weighted by atomic mass is 16.3. The molecule has 0 radical (unpaired) electrons. The molecule has 10 heavy (non-hydrogen) atoms. The molecule has 0 aromatic heterocycles. The van der Waals surface area contributed by atoms with Crippen molar-refractivity contribution < 1.29 is 5.11 Å². The van der Waals surface area contributed by atoms with Gasteiger partial charge in [0.05, 0.1) is 6.10 Å². The van der Waals surface area contributed by atoms with E-state index in [2.05, 4.69) is 4.90 Å². The summed E-state index contributed by atoms with van der Waals surface area (Å²) in [6, 6.07) is 0.823. The molecule has 2 fully saturated rings. The summed E-state index contributed by atoms with van der Waals surface area (Å²) in [4.78, 5) is 2.44. The fraction of sp³-hybridized carbons (Fsp3) is 1.00. The molecule has 2 heterocycles. The van der Waals surface area contributed by atoms with Gasteiger partial charge in [-0.05, 0) is 32.2 Å². The summed E-state index contributed by atoms with van der Waals surface area (Å²) in [6.45, 7) is 2.16. The maximum atomic E-state index is 9.31. The zero-order chi connectivity index (χ0) is 6.97. The highest BCUT2D eigenvalue weighted by molar-refractivity contribution is 4.85. The van der Waals surface area contributed by atoms with E-state index in [9.17, 15) is 5.11 Å². The fourth-order valence-corrected chi connectivity index (χ4v) is 2.21. The average molecular weight is 141 g/mol. The van der Waals surface area contributed by atoms with Gasteiger partial charge in [-0.2, -0.15) is 0 Å². The standard InChI is InChI=1S/C8H15NO/c10-8-4-3-7-2-1-5-9(7)6-8/h7-8,10H,1-6H2/t7-,8-/m1/s1. The molecule has 0 saturated carbocycles. The molecule has 2 saturated heterocycles. The number of nitrogens with zero attached hydrogens (tertiary/aromatic N) is 1. The Bertz CT molecular complexity index is 126. The molecule has 0 bridgehead atoms.